The number of nitrogens with zero attached hydrogens (tertiary/aromatic N) is 1. The van der Waals surface area contributed by atoms with Crippen LogP contribution in [0.15, 0.2) is 48.7 Å². The molecule has 0 saturated heterocycles. The minimum Gasteiger partial charge on any atom is -0.351 e. The molecule has 0 fully saturated rings. The summed E-state index contributed by atoms with van der Waals surface area (Å²) in [6.45, 7) is 5.12. The van der Waals surface area contributed by atoms with Crippen molar-refractivity contribution in [2.75, 3.05) is 6.54 Å². The molecule has 0 saturated carbocycles. The first-order valence-electron chi connectivity index (χ1n) is 7.01. The Labute approximate surface area is 125 Å². The molecule has 0 bridgehead atoms. The molecule has 110 valence electrons. The van der Waals surface area contributed by atoms with Crippen LogP contribution in [-0.2, 0) is 12.0 Å². The normalized spacial score (nSPS) is 11.2. The van der Waals surface area contributed by atoms with Crippen LogP contribution in [0.1, 0.15) is 35.5 Å². The lowest BCUT2D eigenvalue weighted by molar-refractivity contribution is 0.0945. The van der Waals surface area contributed by atoms with Crippen molar-refractivity contribution >= 4 is 5.91 Å². The summed E-state index contributed by atoms with van der Waals surface area (Å²) in [5, 5.41) is 2.98. The lowest BCUT2D eigenvalue weighted by Crippen LogP contribution is -2.36. The first-order valence-corrected chi connectivity index (χ1v) is 7.01. The van der Waals surface area contributed by atoms with E-state index in [0.717, 1.165) is 0 Å². The highest BCUT2D eigenvalue weighted by atomic mass is 16.1. The Balaban J connectivity index is 2.03. The van der Waals surface area contributed by atoms with Crippen molar-refractivity contribution in [2.45, 2.75) is 25.8 Å². The van der Waals surface area contributed by atoms with Gasteiger partial charge in [-0.2, -0.15) is 0 Å². The van der Waals surface area contributed by atoms with E-state index in [0.29, 0.717) is 24.3 Å². The average Bonchev–Trinajstić information content (AvgIpc) is 2.53. The van der Waals surface area contributed by atoms with Crippen molar-refractivity contribution in [3.63, 3.8) is 0 Å². The molecular weight excluding hydrogens is 262 g/mol. The molecule has 2 aromatic rings. The maximum atomic E-state index is 12.2. The monoisotopic (exact) mass is 283 g/mol. The molecule has 1 aromatic carbocycles. The van der Waals surface area contributed by atoms with Crippen LogP contribution in [-0.4, -0.2) is 17.4 Å². The van der Waals surface area contributed by atoms with Crippen molar-refractivity contribution < 1.29 is 4.79 Å². The Kier molecular flexibility index (Phi) is 4.70. The molecule has 0 atom stereocenters. The third kappa shape index (κ3) is 3.89. The summed E-state index contributed by atoms with van der Waals surface area (Å²) in [6.07, 6.45) is 1.61. The van der Waals surface area contributed by atoms with Crippen molar-refractivity contribution in [1.82, 2.24) is 10.3 Å². The molecule has 2 rings (SSSR count). The molecule has 0 radical (unpaired) electrons. The lowest BCUT2D eigenvalue weighted by atomic mass is 9.84. The predicted molar refractivity (Wildman–Crippen MR) is 83.9 cm³/mol. The van der Waals surface area contributed by atoms with Crippen LogP contribution in [0.25, 0.3) is 0 Å². The van der Waals surface area contributed by atoms with Crippen molar-refractivity contribution in [3.05, 3.63) is 65.5 Å². The summed E-state index contributed by atoms with van der Waals surface area (Å²) in [7, 11) is 0. The first-order chi connectivity index (χ1) is 10.0. The summed E-state index contributed by atoms with van der Waals surface area (Å²) >= 11 is 0. The van der Waals surface area contributed by atoms with E-state index in [9.17, 15) is 4.79 Å². The number of aromatic nitrogens is 1. The van der Waals surface area contributed by atoms with Gasteiger partial charge in [0.2, 0.25) is 0 Å². The average molecular weight is 283 g/mol. The summed E-state index contributed by atoms with van der Waals surface area (Å²) in [4.78, 5) is 16.3. The maximum Gasteiger partial charge on any atom is 0.251 e. The Morgan fingerprint density at radius 3 is 2.62 bits per heavy atom. The number of rotatable bonds is 5. The SMILES string of the molecule is CC(C)(CNC(=O)c1ccnc(CN)c1)c1ccccc1. The Morgan fingerprint density at radius 2 is 1.95 bits per heavy atom. The van der Waals surface area contributed by atoms with Gasteiger partial charge >= 0.3 is 0 Å². The Bertz CT molecular complexity index is 608. The molecule has 0 aliphatic rings. The van der Waals surface area contributed by atoms with Gasteiger partial charge in [-0.25, -0.2) is 0 Å². The fraction of sp³-hybridized carbons (Fsp3) is 0.294. The second-order valence-electron chi connectivity index (χ2n) is 5.67. The molecule has 0 unspecified atom stereocenters. The molecule has 0 spiro atoms. The number of benzene rings is 1. The number of hydrogen-bond donors (Lipinski definition) is 2. The van der Waals surface area contributed by atoms with E-state index in [4.69, 9.17) is 5.73 Å². The molecule has 21 heavy (non-hydrogen) atoms. The van der Waals surface area contributed by atoms with Crippen LogP contribution >= 0.6 is 0 Å². The van der Waals surface area contributed by atoms with E-state index in [1.165, 1.54) is 5.56 Å². The zero-order chi connectivity index (χ0) is 15.3. The van der Waals surface area contributed by atoms with Gasteiger partial charge in [0.1, 0.15) is 0 Å². The second-order valence-corrected chi connectivity index (χ2v) is 5.67. The molecule has 1 heterocycles. The molecule has 3 N–H and O–H groups in total. The quantitative estimate of drug-likeness (QED) is 0.884. The van der Waals surface area contributed by atoms with Crippen LogP contribution in [0.3, 0.4) is 0 Å². The van der Waals surface area contributed by atoms with Gasteiger partial charge in [0.05, 0.1) is 5.69 Å². The molecular formula is C17H21N3O. The van der Waals surface area contributed by atoms with Gasteiger partial charge in [0.25, 0.3) is 5.91 Å². The zero-order valence-corrected chi connectivity index (χ0v) is 12.5. The number of nitrogens with two attached hydrogens (primary N) is 1. The zero-order valence-electron chi connectivity index (χ0n) is 12.5. The van der Waals surface area contributed by atoms with Gasteiger partial charge in [0.15, 0.2) is 0 Å². The van der Waals surface area contributed by atoms with E-state index in [-0.39, 0.29) is 11.3 Å². The second kappa shape index (κ2) is 6.50. The minimum absolute atomic E-state index is 0.101. The Hall–Kier alpha value is -2.20. The van der Waals surface area contributed by atoms with Crippen LogP contribution < -0.4 is 11.1 Å². The van der Waals surface area contributed by atoms with Gasteiger partial charge in [-0.3, -0.25) is 9.78 Å². The lowest BCUT2D eigenvalue weighted by Gasteiger charge is -2.25. The Morgan fingerprint density at radius 1 is 1.24 bits per heavy atom. The van der Waals surface area contributed by atoms with Gasteiger partial charge in [-0.05, 0) is 17.7 Å². The number of pyridine rings is 1. The number of carbonyl (C=O) groups is 1. The van der Waals surface area contributed by atoms with Gasteiger partial charge in [0, 0.05) is 30.3 Å². The highest BCUT2D eigenvalue weighted by molar-refractivity contribution is 5.94. The van der Waals surface area contributed by atoms with Crippen molar-refractivity contribution in [3.8, 4) is 0 Å². The van der Waals surface area contributed by atoms with Gasteiger partial charge in [-0.15, -0.1) is 0 Å². The van der Waals surface area contributed by atoms with Gasteiger partial charge in [-0.1, -0.05) is 44.2 Å². The van der Waals surface area contributed by atoms with E-state index in [1.54, 1.807) is 18.3 Å². The summed E-state index contributed by atoms with van der Waals surface area (Å²) < 4.78 is 0. The topological polar surface area (TPSA) is 68.0 Å². The molecule has 1 amide bonds. The minimum atomic E-state index is -0.124. The third-order valence-electron chi connectivity index (χ3n) is 3.53. The summed E-state index contributed by atoms with van der Waals surface area (Å²) in [5.74, 6) is -0.101. The standard InChI is InChI=1S/C17H21N3O/c1-17(2,14-6-4-3-5-7-14)12-20-16(21)13-8-9-19-15(10-13)11-18/h3-10H,11-12,18H2,1-2H3,(H,20,21). The van der Waals surface area contributed by atoms with Gasteiger partial charge < -0.3 is 11.1 Å². The van der Waals surface area contributed by atoms with Crippen LogP contribution in [0.2, 0.25) is 0 Å². The van der Waals surface area contributed by atoms with Crippen molar-refractivity contribution in [2.24, 2.45) is 5.73 Å². The number of nitrogens with one attached hydrogen (secondary N) is 1. The maximum absolute atomic E-state index is 12.2. The number of amides is 1. The third-order valence-corrected chi connectivity index (χ3v) is 3.53. The highest BCUT2D eigenvalue weighted by Gasteiger charge is 2.21. The van der Waals surface area contributed by atoms with Crippen molar-refractivity contribution in [1.29, 1.82) is 0 Å². The van der Waals surface area contributed by atoms with E-state index < -0.39 is 0 Å². The fourth-order valence-electron chi connectivity index (χ4n) is 2.13. The van der Waals surface area contributed by atoms with E-state index >= 15 is 0 Å². The molecule has 1 aromatic heterocycles. The smallest absolute Gasteiger partial charge is 0.251 e. The fourth-order valence-corrected chi connectivity index (χ4v) is 2.13. The first kappa shape index (κ1) is 15.2. The van der Waals surface area contributed by atoms with Crippen LogP contribution in [0.5, 0.6) is 0 Å². The molecule has 4 heteroatoms. The van der Waals surface area contributed by atoms with E-state index in [1.807, 2.05) is 18.2 Å². The molecule has 0 aliphatic heterocycles. The largest absolute Gasteiger partial charge is 0.351 e. The summed E-state index contributed by atoms with van der Waals surface area (Å²) in [5.41, 5.74) is 7.92. The van der Waals surface area contributed by atoms with Crippen LogP contribution in [0, 0.1) is 0 Å². The summed E-state index contributed by atoms with van der Waals surface area (Å²) in [6, 6.07) is 13.6. The number of hydrogen-bond acceptors (Lipinski definition) is 3. The molecule has 0 aliphatic carbocycles. The van der Waals surface area contributed by atoms with Crippen LogP contribution in [0.4, 0.5) is 0 Å². The highest BCUT2D eigenvalue weighted by Crippen LogP contribution is 2.21. The molecule has 4 nitrogen and oxygen atoms in total. The predicted octanol–water partition coefficient (Wildman–Crippen LogP) is 2.25. The van der Waals surface area contributed by atoms with E-state index in [2.05, 4.69) is 36.3 Å². The number of carbonyl (C=O) groups excluding carboxylic acids is 1.